The molecular formula is C12H12Cl2N2O. The fourth-order valence-electron chi connectivity index (χ4n) is 1.80. The highest BCUT2D eigenvalue weighted by Crippen LogP contribution is 2.23. The zero-order chi connectivity index (χ0) is 12.6. The molecule has 2 rings (SSSR count). The Morgan fingerprint density at radius 3 is 2.59 bits per heavy atom. The Kier molecular flexibility index (Phi) is 3.31. The van der Waals surface area contributed by atoms with E-state index in [1.165, 1.54) is 4.68 Å². The van der Waals surface area contributed by atoms with Gasteiger partial charge in [-0.1, -0.05) is 29.3 Å². The number of rotatable bonds is 2. The van der Waals surface area contributed by atoms with Crippen LogP contribution in [0.5, 0.6) is 0 Å². The SMILES string of the molecule is Cc1[nH]n(C)c(=O)c1Cc1ccc(Cl)cc1Cl. The van der Waals surface area contributed by atoms with Crippen LogP contribution in [0.15, 0.2) is 23.0 Å². The zero-order valence-electron chi connectivity index (χ0n) is 9.55. The molecule has 1 aromatic heterocycles. The minimum Gasteiger partial charge on any atom is -0.300 e. The highest BCUT2D eigenvalue weighted by molar-refractivity contribution is 6.35. The number of hydrogen-bond donors (Lipinski definition) is 1. The number of nitrogens with one attached hydrogen (secondary N) is 1. The van der Waals surface area contributed by atoms with Crippen LogP contribution in [0, 0.1) is 6.92 Å². The normalized spacial score (nSPS) is 10.8. The van der Waals surface area contributed by atoms with Gasteiger partial charge in [0.2, 0.25) is 0 Å². The zero-order valence-corrected chi connectivity index (χ0v) is 11.1. The summed E-state index contributed by atoms with van der Waals surface area (Å²) in [6.45, 7) is 1.88. The van der Waals surface area contributed by atoms with Gasteiger partial charge in [-0.15, -0.1) is 0 Å². The minimum absolute atomic E-state index is 0.0199. The number of halogens is 2. The van der Waals surface area contributed by atoms with Crippen LogP contribution >= 0.6 is 23.2 Å². The molecule has 0 bridgehead atoms. The molecule has 0 saturated carbocycles. The Balaban J connectivity index is 2.41. The molecule has 17 heavy (non-hydrogen) atoms. The van der Waals surface area contributed by atoms with Gasteiger partial charge in [0.25, 0.3) is 5.56 Å². The van der Waals surface area contributed by atoms with Gasteiger partial charge >= 0.3 is 0 Å². The molecule has 0 radical (unpaired) electrons. The van der Waals surface area contributed by atoms with Crippen molar-refractivity contribution in [3.05, 3.63) is 55.4 Å². The van der Waals surface area contributed by atoms with Gasteiger partial charge in [0.05, 0.1) is 0 Å². The molecule has 0 amide bonds. The number of hydrogen-bond acceptors (Lipinski definition) is 1. The highest BCUT2D eigenvalue weighted by Gasteiger charge is 2.11. The molecule has 0 aliphatic heterocycles. The maximum atomic E-state index is 11.8. The molecule has 0 spiro atoms. The van der Waals surface area contributed by atoms with Gasteiger partial charge < -0.3 is 0 Å². The molecule has 1 heterocycles. The van der Waals surface area contributed by atoms with Gasteiger partial charge in [-0.3, -0.25) is 14.6 Å². The maximum absolute atomic E-state index is 11.8. The van der Waals surface area contributed by atoms with Gasteiger partial charge in [-0.25, -0.2) is 0 Å². The number of H-pyrrole nitrogens is 1. The summed E-state index contributed by atoms with van der Waals surface area (Å²) in [5.74, 6) is 0. The quantitative estimate of drug-likeness (QED) is 0.896. The van der Waals surface area contributed by atoms with E-state index >= 15 is 0 Å². The van der Waals surface area contributed by atoms with E-state index in [4.69, 9.17) is 23.2 Å². The Labute approximate surface area is 109 Å². The third-order valence-corrected chi connectivity index (χ3v) is 3.32. The smallest absolute Gasteiger partial charge is 0.269 e. The first kappa shape index (κ1) is 12.3. The van der Waals surface area contributed by atoms with Gasteiger partial charge in [0.15, 0.2) is 0 Å². The predicted octanol–water partition coefficient (Wildman–Crippen LogP) is 2.92. The Morgan fingerprint density at radius 1 is 1.35 bits per heavy atom. The molecule has 1 aromatic carbocycles. The first-order valence-corrected chi connectivity index (χ1v) is 5.93. The first-order valence-electron chi connectivity index (χ1n) is 5.17. The summed E-state index contributed by atoms with van der Waals surface area (Å²) in [4.78, 5) is 11.8. The van der Waals surface area contributed by atoms with Gasteiger partial charge in [-0.05, 0) is 24.6 Å². The standard InChI is InChI=1S/C12H12Cl2N2O/c1-7-10(12(17)16(2)15-7)5-8-3-4-9(13)6-11(8)14/h3-4,6,15H,5H2,1-2H3. The Bertz CT molecular complexity index is 613. The molecular weight excluding hydrogens is 259 g/mol. The molecule has 2 aromatic rings. The molecule has 0 fully saturated rings. The van der Waals surface area contributed by atoms with E-state index in [2.05, 4.69) is 5.10 Å². The minimum atomic E-state index is -0.0199. The van der Waals surface area contributed by atoms with Crippen molar-refractivity contribution in [2.75, 3.05) is 0 Å². The van der Waals surface area contributed by atoms with E-state index in [9.17, 15) is 4.79 Å². The molecule has 3 nitrogen and oxygen atoms in total. The molecule has 0 unspecified atom stereocenters. The van der Waals surface area contributed by atoms with Crippen LogP contribution in [-0.2, 0) is 13.5 Å². The number of aryl methyl sites for hydroxylation is 2. The van der Waals surface area contributed by atoms with Crippen LogP contribution < -0.4 is 5.56 Å². The summed E-state index contributed by atoms with van der Waals surface area (Å²) in [5.41, 5.74) is 2.48. The molecule has 5 heteroatoms. The van der Waals surface area contributed by atoms with Crippen molar-refractivity contribution in [2.45, 2.75) is 13.3 Å². The van der Waals surface area contributed by atoms with E-state index in [1.54, 1.807) is 19.2 Å². The monoisotopic (exact) mass is 270 g/mol. The second-order valence-corrected chi connectivity index (χ2v) is 4.84. The van der Waals surface area contributed by atoms with Crippen LogP contribution in [0.1, 0.15) is 16.8 Å². The van der Waals surface area contributed by atoms with Crippen LogP contribution in [0.3, 0.4) is 0 Å². The summed E-state index contributed by atoms with van der Waals surface area (Å²) in [6, 6.07) is 5.30. The average molecular weight is 271 g/mol. The molecule has 90 valence electrons. The lowest BCUT2D eigenvalue weighted by atomic mass is 10.1. The third kappa shape index (κ3) is 2.40. The Morgan fingerprint density at radius 2 is 2.06 bits per heavy atom. The third-order valence-electron chi connectivity index (χ3n) is 2.73. The molecule has 0 aliphatic carbocycles. The number of nitrogens with zero attached hydrogens (tertiary/aromatic N) is 1. The van der Waals surface area contributed by atoms with E-state index in [0.717, 1.165) is 16.8 Å². The van der Waals surface area contributed by atoms with E-state index in [1.807, 2.05) is 13.0 Å². The van der Waals surface area contributed by atoms with Crippen molar-refractivity contribution in [1.82, 2.24) is 9.78 Å². The molecule has 0 atom stereocenters. The lowest BCUT2D eigenvalue weighted by molar-refractivity contribution is 0.730. The van der Waals surface area contributed by atoms with E-state index < -0.39 is 0 Å². The molecule has 0 saturated heterocycles. The number of benzene rings is 1. The van der Waals surface area contributed by atoms with Crippen molar-refractivity contribution in [3.8, 4) is 0 Å². The summed E-state index contributed by atoms with van der Waals surface area (Å²) < 4.78 is 1.47. The fraction of sp³-hybridized carbons (Fsp3) is 0.250. The topological polar surface area (TPSA) is 37.8 Å². The lowest BCUT2D eigenvalue weighted by Crippen LogP contribution is -2.15. The van der Waals surface area contributed by atoms with Crippen molar-refractivity contribution in [1.29, 1.82) is 0 Å². The van der Waals surface area contributed by atoms with Crippen LogP contribution in [0.25, 0.3) is 0 Å². The second-order valence-electron chi connectivity index (χ2n) is 3.99. The highest BCUT2D eigenvalue weighted by atomic mass is 35.5. The van der Waals surface area contributed by atoms with Crippen molar-refractivity contribution >= 4 is 23.2 Å². The molecule has 1 N–H and O–H groups in total. The van der Waals surface area contributed by atoms with Crippen LogP contribution in [-0.4, -0.2) is 9.78 Å². The number of aromatic nitrogens is 2. The van der Waals surface area contributed by atoms with Crippen molar-refractivity contribution in [2.24, 2.45) is 7.05 Å². The van der Waals surface area contributed by atoms with Crippen LogP contribution in [0.4, 0.5) is 0 Å². The number of aromatic amines is 1. The van der Waals surface area contributed by atoms with Crippen LogP contribution in [0.2, 0.25) is 10.0 Å². The molecule has 0 aliphatic rings. The summed E-state index contributed by atoms with van der Waals surface area (Å²) >= 11 is 11.9. The van der Waals surface area contributed by atoms with E-state index in [-0.39, 0.29) is 5.56 Å². The summed E-state index contributed by atoms with van der Waals surface area (Å²) in [6.07, 6.45) is 0.512. The van der Waals surface area contributed by atoms with E-state index in [0.29, 0.717) is 16.5 Å². The first-order chi connectivity index (χ1) is 7.99. The second kappa shape index (κ2) is 4.59. The van der Waals surface area contributed by atoms with Gasteiger partial charge in [0, 0.05) is 34.8 Å². The average Bonchev–Trinajstić information content (AvgIpc) is 2.48. The summed E-state index contributed by atoms with van der Waals surface area (Å²) in [5, 5.41) is 4.14. The maximum Gasteiger partial charge on any atom is 0.269 e. The fourth-order valence-corrected chi connectivity index (χ4v) is 2.27. The van der Waals surface area contributed by atoms with Gasteiger partial charge in [-0.2, -0.15) is 0 Å². The Hall–Kier alpha value is -1.19. The van der Waals surface area contributed by atoms with Crippen molar-refractivity contribution < 1.29 is 0 Å². The predicted molar refractivity (Wildman–Crippen MR) is 70.0 cm³/mol. The summed E-state index contributed by atoms with van der Waals surface area (Å²) in [7, 11) is 1.70. The van der Waals surface area contributed by atoms with Crippen molar-refractivity contribution in [3.63, 3.8) is 0 Å². The largest absolute Gasteiger partial charge is 0.300 e. The lowest BCUT2D eigenvalue weighted by Gasteiger charge is -2.03. The van der Waals surface area contributed by atoms with Gasteiger partial charge in [0.1, 0.15) is 0 Å².